The second-order valence-corrected chi connectivity index (χ2v) is 6.57. The highest BCUT2D eigenvalue weighted by atomic mass is 16.6. The third kappa shape index (κ3) is 5.90. The van der Waals surface area contributed by atoms with Gasteiger partial charge in [0.1, 0.15) is 5.60 Å². The van der Waals surface area contributed by atoms with E-state index in [2.05, 4.69) is 5.32 Å². The van der Waals surface area contributed by atoms with Gasteiger partial charge in [0.25, 0.3) is 0 Å². The van der Waals surface area contributed by atoms with Crippen molar-refractivity contribution in [3.63, 3.8) is 0 Å². The summed E-state index contributed by atoms with van der Waals surface area (Å²) in [5.74, 6) is -1.19. The van der Waals surface area contributed by atoms with Gasteiger partial charge in [-0.05, 0) is 40.2 Å². The number of ether oxygens (including phenoxy) is 2. The van der Waals surface area contributed by atoms with Gasteiger partial charge in [-0.2, -0.15) is 0 Å². The van der Waals surface area contributed by atoms with E-state index in [9.17, 15) is 14.7 Å². The zero-order valence-corrected chi connectivity index (χ0v) is 14.3. The lowest BCUT2D eigenvalue weighted by molar-refractivity contribution is -0.151. The summed E-state index contributed by atoms with van der Waals surface area (Å²) < 4.78 is 10.8. The number of amides is 1. The SMILES string of the molecule is CC(OCc1ccccc1)C(C)(NC(=O)OC(C)(C)C)C(=O)O. The largest absolute Gasteiger partial charge is 0.479 e. The Morgan fingerprint density at radius 2 is 1.74 bits per heavy atom. The summed E-state index contributed by atoms with van der Waals surface area (Å²) in [7, 11) is 0. The minimum absolute atomic E-state index is 0.251. The van der Waals surface area contributed by atoms with E-state index in [0.717, 1.165) is 5.56 Å². The molecule has 0 fully saturated rings. The van der Waals surface area contributed by atoms with Crippen LogP contribution < -0.4 is 5.32 Å². The van der Waals surface area contributed by atoms with Crippen LogP contribution >= 0.6 is 0 Å². The summed E-state index contributed by atoms with van der Waals surface area (Å²) in [6, 6.07) is 9.40. The summed E-state index contributed by atoms with van der Waals surface area (Å²) in [6.45, 7) is 8.38. The van der Waals surface area contributed by atoms with E-state index in [1.807, 2.05) is 30.3 Å². The third-order valence-corrected chi connectivity index (χ3v) is 3.36. The van der Waals surface area contributed by atoms with E-state index in [0.29, 0.717) is 0 Å². The van der Waals surface area contributed by atoms with Gasteiger partial charge in [0, 0.05) is 0 Å². The molecule has 0 aliphatic carbocycles. The number of nitrogens with one attached hydrogen (secondary N) is 1. The van der Waals surface area contributed by atoms with Gasteiger partial charge in [-0.15, -0.1) is 0 Å². The van der Waals surface area contributed by atoms with Crippen molar-refractivity contribution >= 4 is 12.1 Å². The molecule has 0 bridgehead atoms. The van der Waals surface area contributed by atoms with Crippen LogP contribution in [0.25, 0.3) is 0 Å². The molecule has 6 heteroatoms. The van der Waals surface area contributed by atoms with Crippen molar-refractivity contribution in [1.82, 2.24) is 5.32 Å². The lowest BCUT2D eigenvalue weighted by Gasteiger charge is -2.33. The highest BCUT2D eigenvalue weighted by molar-refractivity contribution is 5.84. The molecule has 1 aromatic rings. The Hall–Kier alpha value is -2.08. The fourth-order valence-corrected chi connectivity index (χ4v) is 1.81. The average Bonchev–Trinajstić information content (AvgIpc) is 2.43. The second-order valence-electron chi connectivity index (χ2n) is 6.57. The maximum absolute atomic E-state index is 11.9. The molecule has 6 nitrogen and oxygen atoms in total. The standard InChI is InChI=1S/C17H25NO5/c1-12(22-11-13-9-7-6-8-10-13)17(5,14(19)20)18-15(21)23-16(2,3)4/h6-10,12H,11H2,1-5H3,(H,18,21)(H,19,20). The zero-order chi connectivity index (χ0) is 17.7. The number of hydrogen-bond donors (Lipinski definition) is 2. The van der Waals surface area contributed by atoms with Crippen LogP contribution in [-0.2, 0) is 20.9 Å². The van der Waals surface area contributed by atoms with Crippen molar-refractivity contribution in [3.05, 3.63) is 35.9 Å². The number of alkyl carbamates (subject to hydrolysis) is 1. The zero-order valence-electron chi connectivity index (χ0n) is 14.3. The first-order chi connectivity index (χ1) is 10.5. The van der Waals surface area contributed by atoms with Crippen LogP contribution in [0.3, 0.4) is 0 Å². The molecular formula is C17H25NO5. The fraction of sp³-hybridized carbons (Fsp3) is 0.529. The van der Waals surface area contributed by atoms with Crippen LogP contribution in [0.15, 0.2) is 30.3 Å². The molecule has 0 heterocycles. The normalized spacial score (nSPS) is 15.3. The Morgan fingerprint density at radius 3 is 2.22 bits per heavy atom. The van der Waals surface area contributed by atoms with E-state index in [1.54, 1.807) is 27.7 Å². The molecule has 2 unspecified atom stereocenters. The quantitative estimate of drug-likeness (QED) is 0.840. The Kier molecular flexibility index (Phi) is 6.15. The summed E-state index contributed by atoms with van der Waals surface area (Å²) in [4.78, 5) is 23.5. The smallest absolute Gasteiger partial charge is 0.408 e. The Balaban J connectivity index is 2.74. The van der Waals surface area contributed by atoms with Crippen molar-refractivity contribution in [2.75, 3.05) is 0 Å². The molecule has 128 valence electrons. The Morgan fingerprint density at radius 1 is 1.17 bits per heavy atom. The first kappa shape index (κ1) is 19.0. The van der Waals surface area contributed by atoms with Crippen LogP contribution in [0.2, 0.25) is 0 Å². The number of carboxylic acid groups (broad SMARTS) is 1. The number of hydrogen-bond acceptors (Lipinski definition) is 4. The van der Waals surface area contributed by atoms with E-state index in [4.69, 9.17) is 9.47 Å². The monoisotopic (exact) mass is 323 g/mol. The molecule has 0 saturated heterocycles. The molecule has 0 aliphatic rings. The third-order valence-electron chi connectivity index (χ3n) is 3.36. The molecule has 0 aromatic heterocycles. The molecule has 0 aliphatic heterocycles. The topological polar surface area (TPSA) is 84.9 Å². The van der Waals surface area contributed by atoms with Crippen LogP contribution in [-0.4, -0.2) is 34.4 Å². The van der Waals surface area contributed by atoms with Gasteiger partial charge in [-0.3, -0.25) is 0 Å². The molecule has 1 aromatic carbocycles. The highest BCUT2D eigenvalue weighted by Crippen LogP contribution is 2.18. The molecule has 1 amide bonds. The first-order valence-electron chi connectivity index (χ1n) is 7.44. The predicted molar refractivity (Wildman–Crippen MR) is 86.1 cm³/mol. The van der Waals surface area contributed by atoms with Crippen LogP contribution in [0, 0.1) is 0 Å². The molecule has 0 saturated carbocycles. The Labute approximate surface area is 136 Å². The van der Waals surface area contributed by atoms with Crippen LogP contribution in [0.1, 0.15) is 40.2 Å². The van der Waals surface area contributed by atoms with E-state index in [-0.39, 0.29) is 6.61 Å². The minimum atomic E-state index is -1.60. The van der Waals surface area contributed by atoms with E-state index in [1.165, 1.54) is 6.92 Å². The van der Waals surface area contributed by atoms with Crippen molar-refractivity contribution in [2.24, 2.45) is 0 Å². The first-order valence-corrected chi connectivity index (χ1v) is 7.44. The number of rotatable bonds is 6. The van der Waals surface area contributed by atoms with Gasteiger partial charge in [0.05, 0.1) is 12.7 Å². The fourth-order valence-electron chi connectivity index (χ4n) is 1.81. The lowest BCUT2D eigenvalue weighted by Crippen LogP contribution is -2.60. The van der Waals surface area contributed by atoms with E-state index < -0.39 is 29.3 Å². The number of aliphatic carboxylic acids is 1. The number of carbonyl (C=O) groups excluding carboxylic acids is 1. The minimum Gasteiger partial charge on any atom is -0.479 e. The Bertz CT molecular complexity index is 538. The highest BCUT2D eigenvalue weighted by Gasteiger charge is 2.42. The summed E-state index contributed by atoms with van der Waals surface area (Å²) >= 11 is 0. The van der Waals surface area contributed by atoms with Crippen molar-refractivity contribution < 1.29 is 24.2 Å². The van der Waals surface area contributed by atoms with Gasteiger partial charge in [0.15, 0.2) is 5.54 Å². The van der Waals surface area contributed by atoms with Crippen molar-refractivity contribution in [1.29, 1.82) is 0 Å². The maximum Gasteiger partial charge on any atom is 0.408 e. The predicted octanol–water partition coefficient (Wildman–Crippen LogP) is 2.96. The van der Waals surface area contributed by atoms with Crippen molar-refractivity contribution in [3.8, 4) is 0 Å². The summed E-state index contributed by atoms with van der Waals surface area (Å²) in [5.41, 5.74) is -1.39. The maximum atomic E-state index is 11.9. The van der Waals surface area contributed by atoms with Gasteiger partial charge in [0.2, 0.25) is 0 Å². The van der Waals surface area contributed by atoms with Gasteiger partial charge < -0.3 is 19.9 Å². The van der Waals surface area contributed by atoms with Gasteiger partial charge in [-0.25, -0.2) is 9.59 Å². The molecule has 0 radical (unpaired) electrons. The van der Waals surface area contributed by atoms with Gasteiger partial charge in [-0.1, -0.05) is 30.3 Å². The van der Waals surface area contributed by atoms with Crippen LogP contribution in [0.4, 0.5) is 4.79 Å². The van der Waals surface area contributed by atoms with E-state index >= 15 is 0 Å². The molecule has 2 atom stereocenters. The summed E-state index contributed by atoms with van der Waals surface area (Å²) in [5, 5.41) is 11.9. The molecule has 2 N–H and O–H groups in total. The van der Waals surface area contributed by atoms with Crippen LogP contribution in [0.5, 0.6) is 0 Å². The van der Waals surface area contributed by atoms with Gasteiger partial charge >= 0.3 is 12.1 Å². The molecule has 1 rings (SSSR count). The number of carboxylic acids is 1. The second kappa shape index (κ2) is 7.46. The molecule has 0 spiro atoms. The number of carbonyl (C=O) groups is 2. The van der Waals surface area contributed by atoms with Crippen molar-refractivity contribution in [2.45, 2.75) is 58.5 Å². The molecular weight excluding hydrogens is 298 g/mol. The lowest BCUT2D eigenvalue weighted by atomic mass is 9.96. The molecule has 23 heavy (non-hydrogen) atoms. The average molecular weight is 323 g/mol. The summed E-state index contributed by atoms with van der Waals surface area (Å²) in [6.07, 6.45) is -1.55. The number of benzene rings is 1.